The average Bonchev–Trinajstić information content (AvgIpc) is 2.83. The molecule has 0 unspecified atom stereocenters. The van der Waals surface area contributed by atoms with Crippen LogP contribution >= 0.6 is 11.8 Å². The van der Waals surface area contributed by atoms with Crippen LogP contribution in [0.3, 0.4) is 0 Å². The second kappa shape index (κ2) is 6.16. The monoisotopic (exact) mass is 344 g/mol. The predicted molar refractivity (Wildman–Crippen MR) is 93.1 cm³/mol. The van der Waals surface area contributed by atoms with E-state index in [0.29, 0.717) is 28.1 Å². The molecule has 3 rings (SSSR count). The lowest BCUT2D eigenvalue weighted by atomic mass is 9.99. The van der Waals surface area contributed by atoms with Crippen molar-refractivity contribution in [2.75, 3.05) is 5.75 Å². The molecule has 0 aromatic carbocycles. The minimum absolute atomic E-state index is 0.159. The first-order valence-electron chi connectivity index (χ1n) is 7.40. The van der Waals surface area contributed by atoms with Crippen LogP contribution in [0.2, 0.25) is 0 Å². The van der Waals surface area contributed by atoms with Crippen LogP contribution in [0.25, 0.3) is 22.7 Å². The van der Waals surface area contributed by atoms with Gasteiger partial charge in [-0.05, 0) is 11.8 Å². The van der Waals surface area contributed by atoms with E-state index in [9.17, 15) is 8.78 Å². The van der Waals surface area contributed by atoms with Gasteiger partial charge in [0.15, 0.2) is 11.5 Å². The maximum absolute atomic E-state index is 13.5. The van der Waals surface area contributed by atoms with E-state index in [1.54, 1.807) is 29.6 Å². The molecule has 122 valence electrons. The highest BCUT2D eigenvalue weighted by Crippen LogP contribution is 2.32. The van der Waals surface area contributed by atoms with Gasteiger partial charge in [-0.25, -0.2) is 18.7 Å². The number of hydrogen-bond donors (Lipinski definition) is 0. The lowest BCUT2D eigenvalue weighted by Gasteiger charge is -2.09. The van der Waals surface area contributed by atoms with Crippen molar-refractivity contribution in [3.8, 4) is 11.5 Å². The standard InChI is InChI=1S/C16H15BF2N4S/c1-4-24-12-6-10(17)8-20-13(12)15-22-11-5-9(16(2,18)19)7-21-14(11)23(15)3/h5-8H,4H2,1-3H3. The molecular weight excluding hydrogens is 329 g/mol. The number of halogens is 2. The van der Waals surface area contributed by atoms with Gasteiger partial charge in [0, 0.05) is 36.8 Å². The summed E-state index contributed by atoms with van der Waals surface area (Å²) in [5.74, 6) is -1.53. The van der Waals surface area contributed by atoms with Crippen LogP contribution in [0.1, 0.15) is 19.4 Å². The number of fused-ring (bicyclic) bond motifs is 1. The van der Waals surface area contributed by atoms with Crippen molar-refractivity contribution in [1.29, 1.82) is 0 Å². The van der Waals surface area contributed by atoms with Gasteiger partial charge >= 0.3 is 0 Å². The summed E-state index contributed by atoms with van der Waals surface area (Å²) < 4.78 is 28.8. The molecule has 0 aliphatic carbocycles. The van der Waals surface area contributed by atoms with Crippen molar-refractivity contribution in [3.05, 3.63) is 30.1 Å². The Morgan fingerprint density at radius 3 is 2.67 bits per heavy atom. The van der Waals surface area contributed by atoms with Crippen molar-refractivity contribution in [2.24, 2.45) is 7.05 Å². The number of nitrogens with zero attached hydrogens (tertiary/aromatic N) is 4. The molecule has 0 bridgehead atoms. The topological polar surface area (TPSA) is 43.6 Å². The molecule has 0 saturated heterocycles. The van der Waals surface area contributed by atoms with Gasteiger partial charge in [0.1, 0.15) is 19.1 Å². The van der Waals surface area contributed by atoms with E-state index in [-0.39, 0.29) is 5.56 Å². The average molecular weight is 344 g/mol. The molecule has 0 saturated carbocycles. The summed E-state index contributed by atoms with van der Waals surface area (Å²) in [4.78, 5) is 13.9. The molecule has 3 aromatic heterocycles. The normalized spacial score (nSPS) is 12.0. The molecule has 2 radical (unpaired) electrons. The first-order valence-corrected chi connectivity index (χ1v) is 8.39. The Bertz CT molecular complexity index is 905. The SMILES string of the molecule is [B]c1cnc(-c2nc3cc(C(C)(F)F)cnc3n2C)c(SCC)c1. The van der Waals surface area contributed by atoms with Crippen molar-refractivity contribution < 1.29 is 8.78 Å². The molecule has 0 aliphatic heterocycles. The number of alkyl halides is 2. The maximum Gasteiger partial charge on any atom is 0.272 e. The summed E-state index contributed by atoms with van der Waals surface area (Å²) in [7, 11) is 7.61. The van der Waals surface area contributed by atoms with Gasteiger partial charge in [-0.3, -0.25) is 4.98 Å². The van der Waals surface area contributed by atoms with Crippen LogP contribution in [0.4, 0.5) is 8.78 Å². The molecule has 0 N–H and O–H groups in total. The molecule has 0 amide bonds. The summed E-state index contributed by atoms with van der Waals surface area (Å²) in [6.45, 7) is 2.88. The number of thioether (sulfide) groups is 1. The highest BCUT2D eigenvalue weighted by molar-refractivity contribution is 7.99. The van der Waals surface area contributed by atoms with Gasteiger partial charge in [0.25, 0.3) is 5.92 Å². The van der Waals surface area contributed by atoms with E-state index in [2.05, 4.69) is 15.0 Å². The third-order valence-corrected chi connectivity index (χ3v) is 4.51. The van der Waals surface area contributed by atoms with Crippen LogP contribution in [0, 0.1) is 0 Å². The Labute approximate surface area is 144 Å². The molecule has 3 aromatic rings. The third-order valence-electron chi connectivity index (χ3n) is 3.60. The van der Waals surface area contributed by atoms with Gasteiger partial charge in [0.05, 0.1) is 0 Å². The summed E-state index contributed by atoms with van der Waals surface area (Å²) in [5, 5.41) is 0. The molecule has 0 aliphatic rings. The first kappa shape index (κ1) is 16.9. The Morgan fingerprint density at radius 1 is 1.25 bits per heavy atom. The minimum Gasteiger partial charge on any atom is -0.310 e. The van der Waals surface area contributed by atoms with Crippen molar-refractivity contribution in [1.82, 2.24) is 19.5 Å². The van der Waals surface area contributed by atoms with Gasteiger partial charge in [0.2, 0.25) is 0 Å². The van der Waals surface area contributed by atoms with Gasteiger partial charge in [-0.2, -0.15) is 0 Å². The highest BCUT2D eigenvalue weighted by Gasteiger charge is 2.26. The zero-order valence-electron chi connectivity index (χ0n) is 13.5. The molecule has 4 nitrogen and oxygen atoms in total. The van der Waals surface area contributed by atoms with Crippen molar-refractivity contribution in [3.63, 3.8) is 0 Å². The van der Waals surface area contributed by atoms with Crippen LogP contribution in [-0.4, -0.2) is 33.1 Å². The van der Waals surface area contributed by atoms with Gasteiger partial charge in [-0.1, -0.05) is 18.5 Å². The smallest absolute Gasteiger partial charge is 0.272 e. The van der Waals surface area contributed by atoms with Crippen molar-refractivity contribution in [2.45, 2.75) is 24.7 Å². The maximum atomic E-state index is 13.5. The zero-order valence-corrected chi connectivity index (χ0v) is 14.4. The minimum atomic E-state index is -2.96. The van der Waals surface area contributed by atoms with E-state index < -0.39 is 5.92 Å². The molecular formula is C16H15BF2N4S. The summed E-state index contributed by atoms with van der Waals surface area (Å²) in [6.07, 6.45) is 2.75. The number of aryl methyl sites for hydroxylation is 1. The Kier molecular flexibility index (Phi) is 4.34. The second-order valence-corrected chi connectivity index (χ2v) is 6.80. The van der Waals surface area contributed by atoms with Crippen LogP contribution in [0.5, 0.6) is 0 Å². The molecule has 24 heavy (non-hydrogen) atoms. The number of rotatable bonds is 4. The number of aromatic nitrogens is 4. The summed E-state index contributed by atoms with van der Waals surface area (Å²) in [6, 6.07) is 3.21. The molecule has 0 spiro atoms. The molecule has 3 heterocycles. The molecule has 0 fully saturated rings. The Balaban J connectivity index is 2.19. The van der Waals surface area contributed by atoms with Gasteiger partial charge < -0.3 is 4.57 Å². The third kappa shape index (κ3) is 3.02. The van der Waals surface area contributed by atoms with E-state index in [4.69, 9.17) is 7.85 Å². The Hall–Kier alpha value is -1.96. The van der Waals surface area contributed by atoms with Gasteiger partial charge in [-0.15, -0.1) is 11.8 Å². The highest BCUT2D eigenvalue weighted by atomic mass is 32.2. The zero-order chi connectivity index (χ0) is 17.5. The summed E-state index contributed by atoms with van der Waals surface area (Å²) >= 11 is 1.60. The van der Waals surface area contributed by atoms with Crippen LogP contribution in [-0.2, 0) is 13.0 Å². The number of hydrogen-bond acceptors (Lipinski definition) is 4. The predicted octanol–water partition coefficient (Wildman–Crippen LogP) is 3.05. The number of pyridine rings is 2. The lowest BCUT2D eigenvalue weighted by molar-refractivity contribution is 0.0173. The number of imidazole rings is 1. The largest absolute Gasteiger partial charge is 0.310 e. The fraction of sp³-hybridized carbons (Fsp3) is 0.312. The quantitative estimate of drug-likeness (QED) is 0.539. The van der Waals surface area contributed by atoms with E-state index in [1.165, 1.54) is 12.3 Å². The van der Waals surface area contributed by atoms with E-state index in [0.717, 1.165) is 17.6 Å². The van der Waals surface area contributed by atoms with E-state index in [1.807, 2.05) is 13.0 Å². The molecule has 0 atom stereocenters. The van der Waals surface area contributed by atoms with E-state index >= 15 is 0 Å². The van der Waals surface area contributed by atoms with Crippen LogP contribution < -0.4 is 5.46 Å². The summed E-state index contributed by atoms with van der Waals surface area (Å²) in [5.41, 5.74) is 2.02. The lowest BCUT2D eigenvalue weighted by Crippen LogP contribution is -2.07. The Morgan fingerprint density at radius 2 is 2.00 bits per heavy atom. The van der Waals surface area contributed by atoms with Crippen molar-refractivity contribution >= 4 is 36.2 Å². The first-order chi connectivity index (χ1) is 11.3. The van der Waals surface area contributed by atoms with Crippen LogP contribution in [0.15, 0.2) is 29.4 Å². The fourth-order valence-corrected chi connectivity index (χ4v) is 3.23. The second-order valence-electron chi connectivity index (χ2n) is 5.50. The fourth-order valence-electron chi connectivity index (χ4n) is 2.42. The molecule has 8 heteroatoms.